The summed E-state index contributed by atoms with van der Waals surface area (Å²) in [4.78, 5) is 17.5. The van der Waals surface area contributed by atoms with Gasteiger partial charge in [0.2, 0.25) is 11.0 Å². The van der Waals surface area contributed by atoms with Gasteiger partial charge in [-0.3, -0.25) is 10.1 Å². The van der Waals surface area contributed by atoms with Gasteiger partial charge < -0.3 is 10.4 Å². The average Bonchev–Trinajstić information content (AvgIpc) is 2.33. The number of hydrogen-bond donors (Lipinski definition) is 2. The molecule has 1 aromatic rings. The molecule has 1 rings (SSSR count). The molecule has 0 aliphatic carbocycles. The molecule has 0 aliphatic rings. The van der Waals surface area contributed by atoms with E-state index >= 15 is 0 Å². The lowest BCUT2D eigenvalue weighted by atomic mass is 10.5. The summed E-state index contributed by atoms with van der Waals surface area (Å²) in [6, 6.07) is 0. The monoisotopic (exact) mass is 292 g/mol. The summed E-state index contributed by atoms with van der Waals surface area (Å²) in [5.74, 6) is 1.74. The van der Waals surface area contributed by atoms with Crippen molar-refractivity contribution < 1.29 is 10.0 Å². The van der Waals surface area contributed by atoms with Crippen LogP contribution in [0.1, 0.15) is 6.42 Å². The molecule has 0 atom stereocenters. The van der Waals surface area contributed by atoms with Crippen LogP contribution < -0.4 is 5.32 Å². The van der Waals surface area contributed by atoms with Crippen LogP contribution in [0.15, 0.2) is 6.33 Å². The van der Waals surface area contributed by atoms with Crippen molar-refractivity contribution in [3.8, 4) is 0 Å². The maximum absolute atomic E-state index is 10.8. The van der Waals surface area contributed by atoms with Crippen LogP contribution >= 0.6 is 23.4 Å². The molecule has 0 aromatic carbocycles. The Kier molecular flexibility index (Phi) is 6.69. The summed E-state index contributed by atoms with van der Waals surface area (Å²) < 4.78 is 0. The molecule has 1 aromatic heterocycles. The number of thioether (sulfide) groups is 1. The summed E-state index contributed by atoms with van der Waals surface area (Å²) >= 11 is 7.29. The van der Waals surface area contributed by atoms with E-state index in [0.717, 1.165) is 17.9 Å². The van der Waals surface area contributed by atoms with Gasteiger partial charge in [0.25, 0.3) is 0 Å². The lowest BCUT2D eigenvalue weighted by Gasteiger charge is -2.05. The second kappa shape index (κ2) is 8.06. The van der Waals surface area contributed by atoms with Crippen molar-refractivity contribution in [2.24, 2.45) is 0 Å². The van der Waals surface area contributed by atoms with E-state index in [2.05, 4.69) is 15.3 Å². The number of hydrogen-bond acceptors (Lipinski definition) is 7. The van der Waals surface area contributed by atoms with Crippen molar-refractivity contribution in [2.45, 2.75) is 6.42 Å². The van der Waals surface area contributed by atoms with Crippen molar-refractivity contribution in [3.05, 3.63) is 21.6 Å². The van der Waals surface area contributed by atoms with E-state index in [1.165, 1.54) is 6.33 Å². The molecule has 7 nitrogen and oxygen atoms in total. The zero-order valence-corrected chi connectivity index (χ0v) is 11.1. The van der Waals surface area contributed by atoms with E-state index in [-0.39, 0.29) is 23.3 Å². The number of nitrogens with one attached hydrogen (secondary N) is 1. The van der Waals surface area contributed by atoms with Crippen LogP contribution in [-0.2, 0) is 0 Å². The molecule has 2 N–H and O–H groups in total. The van der Waals surface area contributed by atoms with Gasteiger partial charge in [-0.2, -0.15) is 11.8 Å². The summed E-state index contributed by atoms with van der Waals surface area (Å²) in [5.41, 5.74) is -0.306. The molecule has 0 spiro atoms. The number of nitro groups is 1. The minimum atomic E-state index is -0.608. The van der Waals surface area contributed by atoms with Gasteiger partial charge in [-0.15, -0.1) is 0 Å². The number of aliphatic hydroxyl groups excluding tert-OH is 1. The molecule has 0 unspecified atom stereocenters. The molecule has 100 valence electrons. The second-order valence-corrected chi connectivity index (χ2v) is 4.82. The topological polar surface area (TPSA) is 101 Å². The smallest absolute Gasteiger partial charge is 0.348 e. The fourth-order valence-electron chi connectivity index (χ4n) is 1.16. The van der Waals surface area contributed by atoms with E-state index in [0.29, 0.717) is 6.54 Å². The van der Waals surface area contributed by atoms with Gasteiger partial charge in [0.15, 0.2) is 0 Å². The molecule has 0 amide bonds. The van der Waals surface area contributed by atoms with Crippen molar-refractivity contribution in [1.82, 2.24) is 9.97 Å². The molecule has 1 heterocycles. The average molecular weight is 293 g/mol. The van der Waals surface area contributed by atoms with E-state index in [1.54, 1.807) is 11.8 Å². The van der Waals surface area contributed by atoms with E-state index in [1.807, 2.05) is 0 Å². The number of anilines is 1. The van der Waals surface area contributed by atoms with Gasteiger partial charge in [-0.1, -0.05) is 11.6 Å². The molecule has 18 heavy (non-hydrogen) atoms. The first-order valence-electron chi connectivity index (χ1n) is 5.24. The summed E-state index contributed by atoms with van der Waals surface area (Å²) in [5, 5.41) is 22.1. The number of aliphatic hydroxyl groups is 1. The van der Waals surface area contributed by atoms with Gasteiger partial charge in [-0.25, -0.2) is 9.97 Å². The number of nitrogens with zero attached hydrogens (tertiary/aromatic N) is 3. The Morgan fingerprint density at radius 2 is 2.28 bits per heavy atom. The zero-order chi connectivity index (χ0) is 13.4. The van der Waals surface area contributed by atoms with Crippen LogP contribution in [0.25, 0.3) is 0 Å². The molecule has 9 heteroatoms. The molecule has 0 saturated heterocycles. The van der Waals surface area contributed by atoms with Crippen molar-refractivity contribution in [2.75, 3.05) is 30.0 Å². The number of aromatic nitrogens is 2. The zero-order valence-electron chi connectivity index (χ0n) is 9.50. The van der Waals surface area contributed by atoms with Gasteiger partial charge in [0, 0.05) is 18.9 Å². The fraction of sp³-hybridized carbons (Fsp3) is 0.556. The molecule has 0 radical (unpaired) electrons. The Balaban J connectivity index is 2.47. The minimum Gasteiger partial charge on any atom is -0.396 e. The van der Waals surface area contributed by atoms with Gasteiger partial charge in [0.05, 0.1) is 4.92 Å². The highest BCUT2D eigenvalue weighted by Crippen LogP contribution is 2.27. The highest BCUT2D eigenvalue weighted by atomic mass is 35.5. The summed E-state index contributed by atoms with van der Waals surface area (Å²) in [7, 11) is 0. The Hall–Kier alpha value is -1.12. The minimum absolute atomic E-state index is 0.128. The highest BCUT2D eigenvalue weighted by Gasteiger charge is 2.20. The Morgan fingerprint density at radius 1 is 1.50 bits per heavy atom. The second-order valence-electron chi connectivity index (χ2n) is 3.24. The normalized spacial score (nSPS) is 10.3. The van der Waals surface area contributed by atoms with Crippen LogP contribution in [0, 0.1) is 10.1 Å². The first-order valence-corrected chi connectivity index (χ1v) is 6.77. The Bertz CT molecular complexity index is 407. The van der Waals surface area contributed by atoms with Crippen molar-refractivity contribution in [1.29, 1.82) is 0 Å². The van der Waals surface area contributed by atoms with Crippen molar-refractivity contribution >= 4 is 34.9 Å². The molecule has 0 fully saturated rings. The van der Waals surface area contributed by atoms with E-state index < -0.39 is 4.92 Å². The standard InChI is InChI=1S/C9H13ClN4O3S/c10-8-7(14(16)17)9(13-6-12-8)11-2-5-18-4-1-3-15/h6,15H,1-5H2,(H,11,12,13). The van der Waals surface area contributed by atoms with Gasteiger partial charge >= 0.3 is 5.69 Å². The molecular formula is C9H13ClN4O3S. The van der Waals surface area contributed by atoms with E-state index in [9.17, 15) is 10.1 Å². The van der Waals surface area contributed by atoms with Crippen LogP contribution in [-0.4, -0.2) is 44.7 Å². The third kappa shape index (κ3) is 4.63. The first-order chi connectivity index (χ1) is 8.66. The summed E-state index contributed by atoms with van der Waals surface area (Å²) in [6.07, 6.45) is 1.92. The number of rotatable bonds is 8. The largest absolute Gasteiger partial charge is 0.396 e. The maximum Gasteiger partial charge on any atom is 0.348 e. The lowest BCUT2D eigenvalue weighted by Crippen LogP contribution is -2.09. The van der Waals surface area contributed by atoms with Gasteiger partial charge in [-0.05, 0) is 12.2 Å². The lowest BCUT2D eigenvalue weighted by molar-refractivity contribution is -0.384. The third-order valence-electron chi connectivity index (χ3n) is 1.95. The van der Waals surface area contributed by atoms with Crippen LogP contribution in [0.3, 0.4) is 0 Å². The molecular weight excluding hydrogens is 280 g/mol. The predicted molar refractivity (Wildman–Crippen MR) is 71.2 cm³/mol. The Morgan fingerprint density at radius 3 is 2.94 bits per heavy atom. The maximum atomic E-state index is 10.8. The fourth-order valence-corrected chi connectivity index (χ4v) is 2.14. The third-order valence-corrected chi connectivity index (χ3v) is 3.29. The number of halogens is 1. The molecule has 0 bridgehead atoms. The van der Waals surface area contributed by atoms with Gasteiger partial charge in [0.1, 0.15) is 6.33 Å². The van der Waals surface area contributed by atoms with Crippen LogP contribution in [0.4, 0.5) is 11.5 Å². The highest BCUT2D eigenvalue weighted by molar-refractivity contribution is 7.99. The van der Waals surface area contributed by atoms with E-state index in [4.69, 9.17) is 16.7 Å². The van der Waals surface area contributed by atoms with Crippen LogP contribution in [0.5, 0.6) is 0 Å². The van der Waals surface area contributed by atoms with Crippen molar-refractivity contribution in [3.63, 3.8) is 0 Å². The first kappa shape index (κ1) is 14.9. The predicted octanol–water partition coefficient (Wildman–Crippen LogP) is 1.57. The Labute approximate surface area is 113 Å². The molecule has 0 saturated carbocycles. The molecule has 0 aliphatic heterocycles. The SMILES string of the molecule is O=[N+]([O-])c1c(Cl)ncnc1NCCSCCCO. The van der Waals surface area contributed by atoms with Crippen LogP contribution in [0.2, 0.25) is 5.15 Å². The quantitative estimate of drug-likeness (QED) is 0.324. The summed E-state index contributed by atoms with van der Waals surface area (Å²) in [6.45, 7) is 0.706.